The minimum Gasteiger partial charge on any atom is -0.370 e. The van der Waals surface area contributed by atoms with Crippen LogP contribution in [0.1, 0.15) is 51.9 Å². The van der Waals surface area contributed by atoms with Gasteiger partial charge < -0.3 is 10.6 Å². The van der Waals surface area contributed by atoms with Crippen molar-refractivity contribution in [3.05, 3.63) is 23.9 Å². The number of anilines is 2. The van der Waals surface area contributed by atoms with Gasteiger partial charge in [-0.25, -0.2) is 4.98 Å². The second-order valence-electron chi connectivity index (χ2n) is 5.33. The van der Waals surface area contributed by atoms with Crippen LogP contribution < -0.4 is 10.6 Å². The van der Waals surface area contributed by atoms with Crippen molar-refractivity contribution in [2.45, 2.75) is 51.9 Å². The topological polar surface area (TPSA) is 49.8 Å². The molecule has 110 valence electrons. The lowest BCUT2D eigenvalue weighted by Crippen LogP contribution is -2.09. The van der Waals surface area contributed by atoms with Crippen molar-refractivity contribution < 1.29 is 0 Å². The van der Waals surface area contributed by atoms with Crippen LogP contribution in [-0.4, -0.2) is 23.1 Å². The first kappa shape index (κ1) is 14.8. The lowest BCUT2D eigenvalue weighted by Gasteiger charge is -2.13. The first-order chi connectivity index (χ1) is 9.88. The number of rotatable bonds is 8. The number of aromatic nitrogens is 2. The standard InChI is InChI=1S/C16H26N4/c1-2-3-11-17-15-10-13-19-16(20-15)18-12-9-14-7-5-4-6-8-14/h7,10,13H,2-6,8-9,11-12H2,1H3,(H2,17,18,19,20). The Morgan fingerprint density at radius 3 is 2.95 bits per heavy atom. The third kappa shape index (κ3) is 5.19. The van der Waals surface area contributed by atoms with E-state index in [2.05, 4.69) is 33.6 Å². The average Bonchev–Trinajstić information content (AvgIpc) is 2.49. The van der Waals surface area contributed by atoms with Gasteiger partial charge in [0.25, 0.3) is 0 Å². The number of nitrogens with zero attached hydrogens (tertiary/aromatic N) is 2. The molecule has 1 aromatic rings. The number of hydrogen-bond acceptors (Lipinski definition) is 4. The van der Waals surface area contributed by atoms with Gasteiger partial charge in [0, 0.05) is 19.3 Å². The Hall–Kier alpha value is -1.58. The Balaban J connectivity index is 1.74. The van der Waals surface area contributed by atoms with Crippen molar-refractivity contribution in [3.8, 4) is 0 Å². The van der Waals surface area contributed by atoms with E-state index in [4.69, 9.17) is 0 Å². The lowest BCUT2D eigenvalue weighted by molar-refractivity contribution is 0.679. The zero-order valence-electron chi connectivity index (χ0n) is 12.5. The average molecular weight is 274 g/mol. The van der Waals surface area contributed by atoms with Crippen LogP contribution in [0.2, 0.25) is 0 Å². The molecule has 0 amide bonds. The Labute approximate surface area is 122 Å². The quantitative estimate of drug-likeness (QED) is 0.556. The zero-order valence-corrected chi connectivity index (χ0v) is 12.5. The van der Waals surface area contributed by atoms with Gasteiger partial charge >= 0.3 is 0 Å². The normalized spacial score (nSPS) is 14.8. The minimum absolute atomic E-state index is 0.725. The van der Waals surface area contributed by atoms with Gasteiger partial charge in [0.1, 0.15) is 5.82 Å². The summed E-state index contributed by atoms with van der Waals surface area (Å²) >= 11 is 0. The molecule has 0 atom stereocenters. The molecule has 0 spiro atoms. The van der Waals surface area contributed by atoms with Gasteiger partial charge in [-0.2, -0.15) is 4.98 Å². The first-order valence-electron chi connectivity index (χ1n) is 7.87. The zero-order chi connectivity index (χ0) is 14.0. The molecule has 4 heteroatoms. The molecule has 0 bridgehead atoms. The van der Waals surface area contributed by atoms with Crippen LogP contribution in [-0.2, 0) is 0 Å². The van der Waals surface area contributed by atoms with E-state index in [0.717, 1.165) is 31.3 Å². The van der Waals surface area contributed by atoms with E-state index >= 15 is 0 Å². The number of unbranched alkanes of at least 4 members (excludes halogenated alkanes) is 1. The van der Waals surface area contributed by atoms with Crippen molar-refractivity contribution in [1.29, 1.82) is 0 Å². The SMILES string of the molecule is CCCCNc1ccnc(NCCC2=CCCCC2)n1. The number of hydrogen-bond donors (Lipinski definition) is 2. The summed E-state index contributed by atoms with van der Waals surface area (Å²) in [6.45, 7) is 4.08. The van der Waals surface area contributed by atoms with Gasteiger partial charge in [-0.3, -0.25) is 0 Å². The maximum Gasteiger partial charge on any atom is 0.224 e. The Kier molecular flexibility index (Phi) is 6.35. The van der Waals surface area contributed by atoms with E-state index in [9.17, 15) is 0 Å². The van der Waals surface area contributed by atoms with Gasteiger partial charge in [0.05, 0.1) is 0 Å². The summed E-state index contributed by atoms with van der Waals surface area (Å²) in [7, 11) is 0. The van der Waals surface area contributed by atoms with Crippen LogP contribution in [0.25, 0.3) is 0 Å². The second-order valence-corrected chi connectivity index (χ2v) is 5.33. The summed E-state index contributed by atoms with van der Waals surface area (Å²) in [5.74, 6) is 1.63. The van der Waals surface area contributed by atoms with Gasteiger partial charge in [-0.15, -0.1) is 0 Å². The van der Waals surface area contributed by atoms with Crippen molar-refractivity contribution in [2.75, 3.05) is 23.7 Å². The number of allylic oxidation sites excluding steroid dienone is 1. The van der Waals surface area contributed by atoms with Crippen molar-refractivity contribution in [3.63, 3.8) is 0 Å². The Bertz CT molecular complexity index is 428. The fourth-order valence-electron chi connectivity index (χ4n) is 2.40. The summed E-state index contributed by atoms with van der Waals surface area (Å²) in [6.07, 6.45) is 12.9. The maximum atomic E-state index is 4.47. The molecule has 0 aromatic carbocycles. The fourth-order valence-corrected chi connectivity index (χ4v) is 2.40. The molecule has 0 saturated heterocycles. The molecule has 0 saturated carbocycles. The van der Waals surface area contributed by atoms with Crippen molar-refractivity contribution >= 4 is 11.8 Å². The largest absolute Gasteiger partial charge is 0.370 e. The third-order valence-corrected chi connectivity index (χ3v) is 3.61. The summed E-state index contributed by atoms with van der Waals surface area (Å²) < 4.78 is 0. The minimum atomic E-state index is 0.725. The molecule has 4 nitrogen and oxygen atoms in total. The van der Waals surface area contributed by atoms with Gasteiger partial charge in [0.15, 0.2) is 0 Å². The van der Waals surface area contributed by atoms with Gasteiger partial charge in [-0.1, -0.05) is 25.0 Å². The summed E-state index contributed by atoms with van der Waals surface area (Å²) in [6, 6.07) is 1.92. The molecule has 0 unspecified atom stereocenters. The second kappa shape index (κ2) is 8.56. The molecular weight excluding hydrogens is 248 g/mol. The van der Waals surface area contributed by atoms with Crippen LogP contribution in [0.15, 0.2) is 23.9 Å². The van der Waals surface area contributed by atoms with Crippen molar-refractivity contribution in [2.24, 2.45) is 0 Å². The van der Waals surface area contributed by atoms with E-state index < -0.39 is 0 Å². The molecular formula is C16H26N4. The Morgan fingerprint density at radius 1 is 1.20 bits per heavy atom. The highest BCUT2D eigenvalue weighted by molar-refractivity contribution is 5.39. The molecule has 1 aliphatic rings. The summed E-state index contributed by atoms with van der Waals surface area (Å²) in [5.41, 5.74) is 1.58. The predicted molar refractivity (Wildman–Crippen MR) is 85.1 cm³/mol. The molecule has 1 heterocycles. The molecule has 2 rings (SSSR count). The third-order valence-electron chi connectivity index (χ3n) is 3.61. The molecule has 0 radical (unpaired) electrons. The van der Waals surface area contributed by atoms with E-state index in [-0.39, 0.29) is 0 Å². The molecule has 1 aliphatic carbocycles. The molecule has 0 aliphatic heterocycles. The highest BCUT2D eigenvalue weighted by Gasteiger charge is 2.04. The molecule has 20 heavy (non-hydrogen) atoms. The van der Waals surface area contributed by atoms with Gasteiger partial charge in [-0.05, 0) is 44.6 Å². The smallest absolute Gasteiger partial charge is 0.224 e. The van der Waals surface area contributed by atoms with Crippen LogP contribution in [0, 0.1) is 0 Å². The summed E-state index contributed by atoms with van der Waals surface area (Å²) in [5, 5.41) is 6.64. The van der Waals surface area contributed by atoms with E-state index in [1.165, 1.54) is 38.5 Å². The summed E-state index contributed by atoms with van der Waals surface area (Å²) in [4.78, 5) is 8.74. The van der Waals surface area contributed by atoms with E-state index in [1.54, 1.807) is 5.57 Å². The van der Waals surface area contributed by atoms with Crippen molar-refractivity contribution in [1.82, 2.24) is 9.97 Å². The van der Waals surface area contributed by atoms with Gasteiger partial charge in [0.2, 0.25) is 5.95 Å². The predicted octanol–water partition coefficient (Wildman–Crippen LogP) is 3.99. The molecule has 2 N–H and O–H groups in total. The van der Waals surface area contributed by atoms with Crippen LogP contribution in [0.4, 0.5) is 11.8 Å². The monoisotopic (exact) mass is 274 g/mol. The highest BCUT2D eigenvalue weighted by atomic mass is 15.1. The van der Waals surface area contributed by atoms with E-state index in [0.29, 0.717) is 0 Å². The highest BCUT2D eigenvalue weighted by Crippen LogP contribution is 2.19. The van der Waals surface area contributed by atoms with Crippen LogP contribution in [0.5, 0.6) is 0 Å². The lowest BCUT2D eigenvalue weighted by atomic mass is 9.97. The molecule has 1 aromatic heterocycles. The fraction of sp³-hybridized carbons (Fsp3) is 0.625. The maximum absolute atomic E-state index is 4.47. The van der Waals surface area contributed by atoms with Crippen LogP contribution >= 0.6 is 0 Å². The van der Waals surface area contributed by atoms with E-state index in [1.807, 2.05) is 12.3 Å². The molecule has 0 fully saturated rings. The van der Waals surface area contributed by atoms with Crippen LogP contribution in [0.3, 0.4) is 0 Å². The first-order valence-corrected chi connectivity index (χ1v) is 7.87. The number of nitrogens with one attached hydrogen (secondary N) is 2. The Morgan fingerprint density at radius 2 is 2.15 bits per heavy atom.